The third kappa shape index (κ3) is 4.81. The number of hydrogen-bond acceptors (Lipinski definition) is 5. The van der Waals surface area contributed by atoms with Gasteiger partial charge < -0.3 is 4.57 Å². The molecule has 8 nitrogen and oxygen atoms in total. The van der Waals surface area contributed by atoms with E-state index in [1.807, 2.05) is 4.68 Å². The van der Waals surface area contributed by atoms with Crippen molar-refractivity contribution in [2.24, 2.45) is 0 Å². The number of benzene rings is 1. The van der Waals surface area contributed by atoms with E-state index in [1.165, 1.54) is 6.07 Å². The highest BCUT2D eigenvalue weighted by molar-refractivity contribution is 5.57. The Morgan fingerprint density at radius 2 is 1.82 bits per heavy atom. The van der Waals surface area contributed by atoms with Gasteiger partial charge in [0.2, 0.25) is 0 Å². The van der Waals surface area contributed by atoms with Crippen LogP contribution in [0.1, 0.15) is 62.4 Å². The summed E-state index contributed by atoms with van der Waals surface area (Å²) in [6.07, 6.45) is -1.63. The van der Waals surface area contributed by atoms with Crippen molar-refractivity contribution in [2.45, 2.75) is 58.7 Å². The number of alkyl halides is 3. The lowest BCUT2D eigenvalue weighted by Gasteiger charge is -2.15. The largest absolute Gasteiger partial charge is 0.431 e. The van der Waals surface area contributed by atoms with Crippen molar-refractivity contribution < 1.29 is 13.2 Å². The number of tetrazole rings is 1. The molecule has 0 atom stereocenters. The fraction of sp³-hybridized carbons (Fsp3) is 0.409. The average molecular weight is 458 g/mol. The Morgan fingerprint density at radius 1 is 1.06 bits per heavy atom. The van der Waals surface area contributed by atoms with Gasteiger partial charge in [0.1, 0.15) is 11.5 Å². The van der Waals surface area contributed by atoms with E-state index in [4.69, 9.17) is 0 Å². The van der Waals surface area contributed by atoms with Crippen LogP contribution >= 0.6 is 0 Å². The van der Waals surface area contributed by atoms with E-state index in [9.17, 15) is 13.2 Å². The molecule has 0 fully saturated rings. The normalized spacial score (nSPS) is 12.1. The summed E-state index contributed by atoms with van der Waals surface area (Å²) < 4.78 is 44.0. The second-order valence-electron chi connectivity index (χ2n) is 8.16. The summed E-state index contributed by atoms with van der Waals surface area (Å²) in [5.74, 6) is 2.09. The maximum atomic E-state index is 13.7. The van der Waals surface area contributed by atoms with Gasteiger partial charge in [0.25, 0.3) is 0 Å². The molecule has 0 aliphatic carbocycles. The minimum atomic E-state index is -4.54. The van der Waals surface area contributed by atoms with Crippen LogP contribution in [-0.4, -0.2) is 40.0 Å². The van der Waals surface area contributed by atoms with Crippen molar-refractivity contribution in [3.8, 4) is 17.2 Å². The Hall–Kier alpha value is -3.50. The molecule has 0 amide bonds. The number of unbranched alkanes of at least 4 members (excludes halogenated alkanes) is 1. The molecule has 33 heavy (non-hydrogen) atoms. The third-order valence-corrected chi connectivity index (χ3v) is 5.32. The van der Waals surface area contributed by atoms with Gasteiger partial charge in [-0.25, -0.2) is 14.8 Å². The number of nitrogens with one attached hydrogen (secondary N) is 1. The van der Waals surface area contributed by atoms with Crippen molar-refractivity contribution in [3.63, 3.8) is 0 Å². The Kier molecular flexibility index (Phi) is 6.30. The Balaban J connectivity index is 1.66. The van der Waals surface area contributed by atoms with Crippen molar-refractivity contribution in [2.75, 3.05) is 0 Å². The van der Waals surface area contributed by atoms with Crippen LogP contribution in [0.4, 0.5) is 13.2 Å². The lowest BCUT2D eigenvalue weighted by molar-refractivity contribution is -0.142. The number of nitrogens with zero attached hydrogens (tertiary/aromatic N) is 7. The zero-order valence-electron chi connectivity index (χ0n) is 18.6. The minimum Gasteiger partial charge on any atom is -0.302 e. The van der Waals surface area contributed by atoms with Gasteiger partial charge in [0.15, 0.2) is 11.6 Å². The van der Waals surface area contributed by atoms with Crippen molar-refractivity contribution >= 4 is 0 Å². The zero-order chi connectivity index (χ0) is 23.6. The van der Waals surface area contributed by atoms with Crippen LogP contribution in [0.15, 0.2) is 36.4 Å². The lowest BCUT2D eigenvalue weighted by atomic mass is 10.2. The summed E-state index contributed by atoms with van der Waals surface area (Å²) in [6.45, 7) is 6.72. The molecule has 1 N–H and O–H groups in total. The molecule has 0 unspecified atom stereocenters. The van der Waals surface area contributed by atoms with Gasteiger partial charge in [0, 0.05) is 18.0 Å². The predicted molar refractivity (Wildman–Crippen MR) is 116 cm³/mol. The number of halogens is 3. The van der Waals surface area contributed by atoms with E-state index in [0.717, 1.165) is 47.1 Å². The monoisotopic (exact) mass is 458 g/mol. The fourth-order valence-corrected chi connectivity index (χ4v) is 3.60. The maximum absolute atomic E-state index is 13.7. The van der Waals surface area contributed by atoms with Gasteiger partial charge in [-0.3, -0.25) is 0 Å². The first kappa shape index (κ1) is 22.7. The molecule has 0 saturated heterocycles. The first-order valence-corrected chi connectivity index (χ1v) is 10.8. The highest BCUT2D eigenvalue weighted by Crippen LogP contribution is 2.35. The third-order valence-electron chi connectivity index (χ3n) is 5.32. The molecule has 4 rings (SSSR count). The highest BCUT2D eigenvalue weighted by Gasteiger charge is 2.36. The molecular weight excluding hydrogens is 433 g/mol. The highest BCUT2D eigenvalue weighted by atomic mass is 19.4. The number of H-pyrrole nitrogens is 1. The molecule has 4 aromatic rings. The van der Waals surface area contributed by atoms with E-state index < -0.39 is 11.9 Å². The maximum Gasteiger partial charge on any atom is 0.431 e. The molecular formula is C22H25F3N8. The van der Waals surface area contributed by atoms with Crippen LogP contribution in [0, 0.1) is 0 Å². The number of rotatable bonds is 8. The quantitative estimate of drug-likeness (QED) is 0.410. The van der Waals surface area contributed by atoms with Crippen molar-refractivity contribution in [1.29, 1.82) is 0 Å². The van der Waals surface area contributed by atoms with Gasteiger partial charge in [-0.05, 0) is 46.7 Å². The zero-order valence-corrected chi connectivity index (χ0v) is 18.6. The van der Waals surface area contributed by atoms with Crippen LogP contribution in [-0.2, 0) is 19.1 Å². The molecule has 0 aliphatic heterocycles. The summed E-state index contributed by atoms with van der Waals surface area (Å²) in [5.41, 5.74) is 0.691. The Morgan fingerprint density at radius 3 is 2.42 bits per heavy atom. The number of aromatic nitrogens is 8. The molecule has 0 radical (unpaired) electrons. The molecule has 0 aliphatic rings. The van der Waals surface area contributed by atoms with E-state index in [-0.39, 0.29) is 17.4 Å². The second kappa shape index (κ2) is 9.16. The summed E-state index contributed by atoms with van der Waals surface area (Å²) in [6, 6.07) is 9.29. The standard InChI is InChI=1S/C22H25F3N8/c1-4-5-6-19-26-20(14(2)3)29-32(19)13-15-7-9-16(10-8-15)33-17(21-27-30-31-28-21)11-12-18(33)22(23,24)25/h7-12,14H,4-6,13H2,1-3H3,(H,27,28,30,31). The first-order valence-electron chi connectivity index (χ1n) is 10.8. The molecule has 11 heteroatoms. The topological polar surface area (TPSA) is 90.1 Å². The van der Waals surface area contributed by atoms with E-state index in [1.54, 1.807) is 24.3 Å². The van der Waals surface area contributed by atoms with Crippen molar-refractivity contribution in [1.82, 2.24) is 40.0 Å². The SMILES string of the molecule is CCCCc1nc(C(C)C)nn1Cc1ccc(-n2c(-c3nnn[nH]3)ccc2C(F)(F)F)cc1. The van der Waals surface area contributed by atoms with E-state index >= 15 is 0 Å². The molecule has 174 valence electrons. The van der Waals surface area contributed by atoms with Gasteiger partial charge >= 0.3 is 6.18 Å². The average Bonchev–Trinajstić information content (AvgIpc) is 3.51. The second-order valence-corrected chi connectivity index (χ2v) is 8.16. The van der Waals surface area contributed by atoms with Crippen LogP contribution in [0.5, 0.6) is 0 Å². The fourth-order valence-electron chi connectivity index (χ4n) is 3.60. The lowest BCUT2D eigenvalue weighted by Crippen LogP contribution is -2.13. The summed E-state index contributed by atoms with van der Waals surface area (Å²) >= 11 is 0. The van der Waals surface area contributed by atoms with Crippen molar-refractivity contribution in [3.05, 3.63) is 59.3 Å². The van der Waals surface area contributed by atoms with Gasteiger partial charge in [0.05, 0.1) is 12.2 Å². The number of aryl methyl sites for hydroxylation is 1. The van der Waals surface area contributed by atoms with E-state index in [0.29, 0.717) is 12.2 Å². The van der Waals surface area contributed by atoms with Crippen LogP contribution in [0.2, 0.25) is 0 Å². The minimum absolute atomic E-state index is 0.152. The molecule has 3 heterocycles. The number of hydrogen-bond donors (Lipinski definition) is 1. The Labute approximate surface area is 188 Å². The Bertz CT molecular complexity index is 1190. The van der Waals surface area contributed by atoms with Crippen LogP contribution in [0.3, 0.4) is 0 Å². The smallest absolute Gasteiger partial charge is 0.302 e. The molecule has 0 bridgehead atoms. The summed E-state index contributed by atoms with van der Waals surface area (Å²) in [4.78, 5) is 4.68. The van der Waals surface area contributed by atoms with Crippen LogP contribution in [0.25, 0.3) is 17.2 Å². The van der Waals surface area contributed by atoms with Gasteiger partial charge in [-0.2, -0.15) is 18.3 Å². The van der Waals surface area contributed by atoms with Gasteiger partial charge in [-0.1, -0.05) is 39.3 Å². The summed E-state index contributed by atoms with van der Waals surface area (Å²) in [7, 11) is 0. The molecule has 0 spiro atoms. The van der Waals surface area contributed by atoms with Crippen LogP contribution < -0.4 is 0 Å². The molecule has 0 saturated carbocycles. The van der Waals surface area contributed by atoms with Gasteiger partial charge in [-0.15, -0.1) is 5.10 Å². The molecule has 1 aromatic carbocycles. The van der Waals surface area contributed by atoms with E-state index in [2.05, 4.69) is 51.5 Å². The number of aromatic amines is 1. The first-order chi connectivity index (χ1) is 15.8. The predicted octanol–water partition coefficient (Wildman–Crippen LogP) is 4.78. The molecule has 3 aromatic heterocycles. The summed E-state index contributed by atoms with van der Waals surface area (Å²) in [5, 5.41) is 17.9.